The molecule has 0 aromatic heterocycles. The van der Waals surface area contributed by atoms with E-state index >= 15 is 0 Å². The van der Waals surface area contributed by atoms with Gasteiger partial charge in [-0.3, -0.25) is 0 Å². The lowest BCUT2D eigenvalue weighted by Crippen LogP contribution is -2.41. The van der Waals surface area contributed by atoms with Crippen LogP contribution in [0.4, 0.5) is 8.78 Å². The third-order valence-corrected chi connectivity index (χ3v) is 3.13. The van der Waals surface area contributed by atoms with E-state index in [0.29, 0.717) is 11.5 Å². The van der Waals surface area contributed by atoms with E-state index in [1.165, 1.54) is 25.1 Å². The quantitative estimate of drug-likeness (QED) is 0.825. The van der Waals surface area contributed by atoms with Crippen LogP contribution < -0.4 is 10.5 Å². The van der Waals surface area contributed by atoms with E-state index in [1.807, 2.05) is 6.07 Å². The summed E-state index contributed by atoms with van der Waals surface area (Å²) in [6, 6.07) is 13.0. The zero-order chi connectivity index (χ0) is 16.9. The lowest BCUT2D eigenvalue weighted by Gasteiger charge is -2.22. The molecule has 2 aromatic rings. The smallest absolute Gasteiger partial charge is 0.379 e. The average molecular weight is 321 g/mol. The summed E-state index contributed by atoms with van der Waals surface area (Å²) >= 11 is 0. The fourth-order valence-corrected chi connectivity index (χ4v) is 1.96. The number of esters is 1. The molecular weight excluding hydrogens is 304 g/mol. The van der Waals surface area contributed by atoms with E-state index < -0.39 is 17.9 Å². The van der Waals surface area contributed by atoms with Crippen molar-refractivity contribution >= 4 is 5.97 Å². The molecule has 2 N–H and O–H groups in total. The van der Waals surface area contributed by atoms with Crippen LogP contribution in [0, 0.1) is 0 Å². The Morgan fingerprint density at radius 1 is 1.13 bits per heavy atom. The summed E-state index contributed by atoms with van der Waals surface area (Å²) < 4.78 is 38.0. The molecule has 0 fully saturated rings. The van der Waals surface area contributed by atoms with Gasteiger partial charge >= 0.3 is 11.9 Å². The van der Waals surface area contributed by atoms with Gasteiger partial charge in [-0.15, -0.1) is 0 Å². The van der Waals surface area contributed by atoms with Crippen molar-refractivity contribution in [1.29, 1.82) is 0 Å². The van der Waals surface area contributed by atoms with E-state index in [2.05, 4.69) is 4.74 Å². The minimum atomic E-state index is -3.82. The summed E-state index contributed by atoms with van der Waals surface area (Å²) in [5, 5.41) is 0. The largest absolute Gasteiger partial charge is 0.462 e. The number of nitrogens with two attached hydrogens (primary N) is 1. The second-order valence-corrected chi connectivity index (χ2v) is 4.81. The Morgan fingerprint density at radius 3 is 2.43 bits per heavy atom. The standard InChI is InChI=1S/C17H17F2NO3/c1-2-22-16(21)17(18,19)15(20)12-7-6-10-14(11-12)23-13-8-4-3-5-9-13/h3-11,15H,2,20H2,1H3/t15-/m0/s1. The monoisotopic (exact) mass is 321 g/mol. The molecule has 2 aromatic carbocycles. The molecule has 0 aliphatic rings. The molecule has 0 radical (unpaired) electrons. The minimum absolute atomic E-state index is 0.0801. The molecule has 6 heteroatoms. The molecular formula is C17H17F2NO3. The minimum Gasteiger partial charge on any atom is -0.462 e. The number of hydrogen-bond acceptors (Lipinski definition) is 4. The third-order valence-electron chi connectivity index (χ3n) is 3.13. The molecule has 0 aliphatic carbocycles. The Labute approximate surface area is 132 Å². The van der Waals surface area contributed by atoms with Crippen molar-refractivity contribution in [3.63, 3.8) is 0 Å². The lowest BCUT2D eigenvalue weighted by atomic mass is 10.0. The van der Waals surface area contributed by atoms with Crippen LogP contribution in [0.3, 0.4) is 0 Å². The van der Waals surface area contributed by atoms with Crippen LogP contribution in [0.15, 0.2) is 54.6 Å². The SMILES string of the molecule is CCOC(=O)C(F)(F)[C@@H](N)c1cccc(Oc2ccccc2)c1. The van der Waals surface area contributed by atoms with Crippen LogP contribution >= 0.6 is 0 Å². The molecule has 0 saturated heterocycles. The summed E-state index contributed by atoms with van der Waals surface area (Å²) in [5.41, 5.74) is 5.64. The van der Waals surface area contributed by atoms with E-state index in [0.717, 1.165) is 0 Å². The predicted octanol–water partition coefficient (Wildman–Crippen LogP) is 3.68. The first-order valence-electron chi connectivity index (χ1n) is 7.08. The molecule has 0 spiro atoms. The van der Waals surface area contributed by atoms with Gasteiger partial charge in [0.25, 0.3) is 0 Å². The maximum absolute atomic E-state index is 14.0. The number of alkyl halides is 2. The number of carbonyl (C=O) groups excluding carboxylic acids is 1. The molecule has 0 saturated carbocycles. The number of rotatable bonds is 6. The van der Waals surface area contributed by atoms with Gasteiger partial charge in [0.2, 0.25) is 0 Å². The highest BCUT2D eigenvalue weighted by atomic mass is 19.3. The number of carbonyl (C=O) groups is 1. The first-order valence-corrected chi connectivity index (χ1v) is 7.08. The zero-order valence-corrected chi connectivity index (χ0v) is 12.5. The fourth-order valence-electron chi connectivity index (χ4n) is 1.96. The Bertz CT molecular complexity index is 662. The molecule has 1 atom stereocenters. The topological polar surface area (TPSA) is 61.5 Å². The average Bonchev–Trinajstić information content (AvgIpc) is 2.55. The molecule has 0 aliphatic heterocycles. The van der Waals surface area contributed by atoms with E-state index in [-0.39, 0.29) is 12.2 Å². The highest BCUT2D eigenvalue weighted by Gasteiger charge is 2.47. The van der Waals surface area contributed by atoms with Crippen LogP contribution in [0.2, 0.25) is 0 Å². The van der Waals surface area contributed by atoms with Gasteiger partial charge in [-0.25, -0.2) is 4.79 Å². The fraction of sp³-hybridized carbons (Fsp3) is 0.235. The van der Waals surface area contributed by atoms with Crippen molar-refractivity contribution in [3.05, 3.63) is 60.2 Å². The van der Waals surface area contributed by atoms with Gasteiger partial charge in [-0.05, 0) is 36.8 Å². The maximum Gasteiger partial charge on any atom is 0.379 e. The van der Waals surface area contributed by atoms with Crippen molar-refractivity contribution in [2.24, 2.45) is 5.73 Å². The molecule has 4 nitrogen and oxygen atoms in total. The number of benzene rings is 2. The maximum atomic E-state index is 14.0. The van der Waals surface area contributed by atoms with Gasteiger partial charge in [-0.2, -0.15) is 8.78 Å². The number of hydrogen-bond donors (Lipinski definition) is 1. The van der Waals surface area contributed by atoms with Crippen molar-refractivity contribution in [3.8, 4) is 11.5 Å². The zero-order valence-electron chi connectivity index (χ0n) is 12.5. The van der Waals surface area contributed by atoms with E-state index in [1.54, 1.807) is 30.3 Å². The highest BCUT2D eigenvalue weighted by molar-refractivity contribution is 5.78. The van der Waals surface area contributed by atoms with Crippen LogP contribution in [0.5, 0.6) is 11.5 Å². The highest BCUT2D eigenvalue weighted by Crippen LogP contribution is 2.33. The summed E-state index contributed by atoms with van der Waals surface area (Å²) in [6.07, 6.45) is 0. The molecule has 0 amide bonds. The van der Waals surface area contributed by atoms with Crippen molar-refractivity contribution in [2.45, 2.75) is 18.9 Å². The summed E-state index contributed by atoms with van der Waals surface area (Å²) in [5.74, 6) is -4.54. The first-order chi connectivity index (χ1) is 10.9. The summed E-state index contributed by atoms with van der Waals surface area (Å²) in [6.45, 7) is 1.31. The van der Waals surface area contributed by atoms with Gasteiger partial charge in [0.1, 0.15) is 17.5 Å². The van der Waals surface area contributed by atoms with Crippen molar-refractivity contribution < 1.29 is 23.0 Å². The van der Waals surface area contributed by atoms with Crippen LogP contribution in [0.25, 0.3) is 0 Å². The predicted molar refractivity (Wildman–Crippen MR) is 81.5 cm³/mol. The van der Waals surface area contributed by atoms with Crippen LogP contribution in [0.1, 0.15) is 18.5 Å². The first kappa shape index (κ1) is 16.9. The second-order valence-electron chi connectivity index (χ2n) is 4.81. The summed E-state index contributed by atoms with van der Waals surface area (Å²) in [7, 11) is 0. The lowest BCUT2D eigenvalue weighted by molar-refractivity contribution is -0.174. The van der Waals surface area contributed by atoms with Crippen LogP contribution in [-0.2, 0) is 9.53 Å². The molecule has 0 unspecified atom stereocenters. The van der Waals surface area contributed by atoms with Gasteiger partial charge < -0.3 is 15.2 Å². The van der Waals surface area contributed by atoms with Gasteiger partial charge in [-0.1, -0.05) is 30.3 Å². The molecule has 0 heterocycles. The molecule has 2 rings (SSSR count). The number of para-hydroxylation sites is 1. The molecule has 0 bridgehead atoms. The summed E-state index contributed by atoms with van der Waals surface area (Å²) in [4.78, 5) is 11.4. The second kappa shape index (κ2) is 7.19. The molecule has 23 heavy (non-hydrogen) atoms. The van der Waals surface area contributed by atoms with Gasteiger partial charge in [0, 0.05) is 0 Å². The number of halogens is 2. The Morgan fingerprint density at radius 2 is 1.78 bits per heavy atom. The van der Waals surface area contributed by atoms with Crippen molar-refractivity contribution in [2.75, 3.05) is 6.61 Å². The Hall–Kier alpha value is -2.47. The molecule has 122 valence electrons. The normalized spacial score (nSPS) is 12.5. The third kappa shape index (κ3) is 4.04. The Kier molecular flexibility index (Phi) is 5.28. The van der Waals surface area contributed by atoms with Gasteiger partial charge in [0.05, 0.1) is 6.61 Å². The Balaban J connectivity index is 2.20. The number of ether oxygens (including phenoxy) is 2. The van der Waals surface area contributed by atoms with E-state index in [9.17, 15) is 13.6 Å². The van der Waals surface area contributed by atoms with Crippen molar-refractivity contribution in [1.82, 2.24) is 0 Å². The van der Waals surface area contributed by atoms with E-state index in [4.69, 9.17) is 10.5 Å². The van der Waals surface area contributed by atoms with Gasteiger partial charge in [0.15, 0.2) is 0 Å². The van der Waals surface area contributed by atoms with Crippen LogP contribution in [-0.4, -0.2) is 18.5 Å².